The molecule has 0 saturated carbocycles. The second-order valence-electron chi connectivity index (χ2n) is 2.94. The smallest absolute Gasteiger partial charge is 0.242 e. The average Bonchev–Trinajstić information content (AvgIpc) is 2.18. The zero-order valence-electron chi connectivity index (χ0n) is 8.01. The Bertz CT molecular complexity index is 273. The summed E-state index contributed by atoms with van der Waals surface area (Å²) in [6.07, 6.45) is 3.13. The van der Waals surface area contributed by atoms with E-state index in [0.717, 1.165) is 5.01 Å². The number of hydrogen-bond donors (Lipinski definition) is 4. The first-order valence-corrected chi connectivity index (χ1v) is 4.12. The van der Waals surface area contributed by atoms with Crippen molar-refractivity contribution in [3.8, 4) is 0 Å². The Morgan fingerprint density at radius 2 is 2.00 bits per heavy atom. The van der Waals surface area contributed by atoms with Crippen LogP contribution in [0.1, 0.15) is 0 Å². The minimum atomic E-state index is -1.21. The number of nitrogens with two attached hydrogens (primary N) is 3. The van der Waals surface area contributed by atoms with Crippen LogP contribution in [0.5, 0.6) is 0 Å². The molecule has 7 nitrogen and oxygen atoms in total. The van der Waals surface area contributed by atoms with Crippen molar-refractivity contribution in [2.75, 3.05) is 18.6 Å². The number of hydrazine groups is 1. The molecule has 0 amide bonds. The summed E-state index contributed by atoms with van der Waals surface area (Å²) in [4.78, 5) is 7.86. The molecular formula is C7H15N7. The van der Waals surface area contributed by atoms with Gasteiger partial charge < -0.3 is 5.32 Å². The number of anilines is 1. The summed E-state index contributed by atoms with van der Waals surface area (Å²) in [5, 5.41) is 3.96. The first-order valence-electron chi connectivity index (χ1n) is 4.12. The highest BCUT2D eigenvalue weighted by Crippen LogP contribution is 2.05. The zero-order valence-corrected chi connectivity index (χ0v) is 8.01. The first kappa shape index (κ1) is 10.8. The zero-order chi connectivity index (χ0) is 10.6. The number of nitrogens with zero attached hydrogens (tertiary/aromatic N) is 3. The van der Waals surface area contributed by atoms with Crippen molar-refractivity contribution in [3.05, 3.63) is 18.5 Å². The van der Waals surface area contributed by atoms with Crippen molar-refractivity contribution in [2.45, 2.75) is 5.79 Å². The van der Waals surface area contributed by atoms with Crippen LogP contribution < -0.4 is 27.6 Å². The SMILES string of the molecule is CNCC(N)(N)N(N)c1ncccn1. The molecule has 7 heteroatoms. The highest BCUT2D eigenvalue weighted by molar-refractivity contribution is 5.29. The van der Waals surface area contributed by atoms with Crippen molar-refractivity contribution in [1.82, 2.24) is 15.3 Å². The average molecular weight is 197 g/mol. The quantitative estimate of drug-likeness (QED) is 0.249. The fourth-order valence-corrected chi connectivity index (χ4v) is 0.970. The van der Waals surface area contributed by atoms with E-state index in [1.54, 1.807) is 25.5 Å². The Balaban J connectivity index is 2.79. The minimum absolute atomic E-state index is 0.285. The minimum Gasteiger partial charge on any atom is -0.315 e. The lowest BCUT2D eigenvalue weighted by atomic mass is 10.3. The molecule has 0 fully saturated rings. The molecule has 1 heterocycles. The monoisotopic (exact) mass is 197 g/mol. The third-order valence-electron chi connectivity index (χ3n) is 1.68. The van der Waals surface area contributed by atoms with Gasteiger partial charge in [0, 0.05) is 18.9 Å². The summed E-state index contributed by atoms with van der Waals surface area (Å²) in [5.41, 5.74) is 11.5. The van der Waals surface area contributed by atoms with Crippen molar-refractivity contribution in [2.24, 2.45) is 17.3 Å². The molecule has 1 aromatic rings. The van der Waals surface area contributed by atoms with E-state index in [0.29, 0.717) is 6.54 Å². The van der Waals surface area contributed by atoms with Gasteiger partial charge in [-0.2, -0.15) is 0 Å². The lowest BCUT2D eigenvalue weighted by molar-refractivity contribution is 0.394. The van der Waals surface area contributed by atoms with Gasteiger partial charge in [0.1, 0.15) is 0 Å². The standard InChI is InChI=1S/C7H15N7/c1-11-5-7(8,9)14(10)6-12-3-2-4-13-6/h2-4,11H,5,8-10H2,1H3. The molecule has 14 heavy (non-hydrogen) atoms. The third kappa shape index (κ3) is 2.36. The maximum absolute atomic E-state index is 5.74. The largest absolute Gasteiger partial charge is 0.315 e. The second-order valence-corrected chi connectivity index (χ2v) is 2.94. The molecule has 0 aliphatic rings. The summed E-state index contributed by atoms with van der Waals surface area (Å²) in [5.74, 6) is 4.75. The van der Waals surface area contributed by atoms with Crippen LogP contribution in [0.3, 0.4) is 0 Å². The Labute approximate surface area is 82.3 Å². The van der Waals surface area contributed by atoms with Gasteiger partial charge in [0.15, 0.2) is 5.79 Å². The van der Waals surface area contributed by atoms with Crippen LogP contribution in [0.15, 0.2) is 18.5 Å². The van der Waals surface area contributed by atoms with Crippen LogP contribution in [0, 0.1) is 0 Å². The number of likely N-dealkylation sites (N-methyl/N-ethyl adjacent to an activating group) is 1. The molecule has 0 atom stereocenters. The van der Waals surface area contributed by atoms with E-state index in [2.05, 4.69) is 15.3 Å². The molecule has 0 bridgehead atoms. The van der Waals surface area contributed by atoms with Crippen LogP contribution in [-0.2, 0) is 0 Å². The molecular weight excluding hydrogens is 182 g/mol. The Morgan fingerprint density at radius 1 is 1.43 bits per heavy atom. The predicted octanol–water partition coefficient (Wildman–Crippen LogP) is -2.05. The lowest BCUT2D eigenvalue weighted by Crippen LogP contribution is -2.71. The second kappa shape index (κ2) is 4.29. The van der Waals surface area contributed by atoms with Crippen LogP contribution in [0.25, 0.3) is 0 Å². The lowest BCUT2D eigenvalue weighted by Gasteiger charge is -2.33. The van der Waals surface area contributed by atoms with Crippen LogP contribution >= 0.6 is 0 Å². The summed E-state index contributed by atoms with van der Waals surface area (Å²) >= 11 is 0. The van der Waals surface area contributed by atoms with E-state index in [-0.39, 0.29) is 5.95 Å². The summed E-state index contributed by atoms with van der Waals surface area (Å²) in [6, 6.07) is 1.68. The highest BCUT2D eigenvalue weighted by Gasteiger charge is 2.26. The predicted molar refractivity (Wildman–Crippen MR) is 53.7 cm³/mol. The van der Waals surface area contributed by atoms with Crippen molar-refractivity contribution < 1.29 is 0 Å². The Morgan fingerprint density at radius 3 is 2.50 bits per heavy atom. The maximum Gasteiger partial charge on any atom is 0.242 e. The van der Waals surface area contributed by atoms with E-state index in [9.17, 15) is 0 Å². The van der Waals surface area contributed by atoms with Gasteiger partial charge in [0.25, 0.3) is 0 Å². The molecule has 0 aliphatic heterocycles. The van der Waals surface area contributed by atoms with Gasteiger partial charge in [-0.15, -0.1) is 0 Å². The fourth-order valence-electron chi connectivity index (χ4n) is 0.970. The fraction of sp³-hybridized carbons (Fsp3) is 0.429. The van der Waals surface area contributed by atoms with Gasteiger partial charge in [-0.05, 0) is 13.1 Å². The van der Waals surface area contributed by atoms with E-state index in [1.165, 1.54) is 0 Å². The molecule has 0 aliphatic carbocycles. The van der Waals surface area contributed by atoms with Gasteiger partial charge in [0.05, 0.1) is 0 Å². The number of hydrogen-bond acceptors (Lipinski definition) is 7. The first-order chi connectivity index (χ1) is 6.58. The molecule has 0 aromatic carbocycles. The molecule has 7 N–H and O–H groups in total. The van der Waals surface area contributed by atoms with Crippen molar-refractivity contribution >= 4 is 5.95 Å². The molecule has 1 aromatic heterocycles. The third-order valence-corrected chi connectivity index (χ3v) is 1.68. The van der Waals surface area contributed by atoms with E-state index < -0.39 is 5.79 Å². The summed E-state index contributed by atoms with van der Waals surface area (Å²) < 4.78 is 0. The van der Waals surface area contributed by atoms with Gasteiger partial charge in [-0.1, -0.05) is 0 Å². The normalized spacial score (nSPS) is 11.4. The number of rotatable bonds is 4. The van der Waals surface area contributed by atoms with Crippen LogP contribution in [0.4, 0.5) is 5.95 Å². The van der Waals surface area contributed by atoms with Crippen molar-refractivity contribution in [1.29, 1.82) is 0 Å². The Hall–Kier alpha value is -1.28. The topological polar surface area (TPSA) is 119 Å². The summed E-state index contributed by atoms with van der Waals surface area (Å²) in [6.45, 7) is 0.321. The van der Waals surface area contributed by atoms with Gasteiger partial charge in [-0.25, -0.2) is 20.8 Å². The Kier molecular flexibility index (Phi) is 3.31. The van der Waals surface area contributed by atoms with E-state index >= 15 is 0 Å². The molecule has 0 spiro atoms. The summed E-state index contributed by atoms with van der Waals surface area (Å²) in [7, 11) is 1.73. The van der Waals surface area contributed by atoms with Crippen LogP contribution in [-0.4, -0.2) is 29.3 Å². The highest BCUT2D eigenvalue weighted by atomic mass is 15.6. The van der Waals surface area contributed by atoms with Gasteiger partial charge in [-0.3, -0.25) is 11.5 Å². The van der Waals surface area contributed by atoms with Gasteiger partial charge in [0.2, 0.25) is 5.95 Å². The van der Waals surface area contributed by atoms with E-state index in [1.807, 2.05) is 0 Å². The van der Waals surface area contributed by atoms with E-state index in [4.69, 9.17) is 17.3 Å². The maximum atomic E-state index is 5.74. The molecule has 78 valence electrons. The van der Waals surface area contributed by atoms with Crippen LogP contribution in [0.2, 0.25) is 0 Å². The number of nitrogens with one attached hydrogen (secondary N) is 1. The number of aromatic nitrogens is 2. The molecule has 1 rings (SSSR count). The van der Waals surface area contributed by atoms with Gasteiger partial charge >= 0.3 is 0 Å². The van der Waals surface area contributed by atoms with Crippen molar-refractivity contribution in [3.63, 3.8) is 0 Å². The molecule has 0 unspecified atom stereocenters. The molecule has 0 radical (unpaired) electrons. The molecule has 0 saturated heterocycles.